The van der Waals surface area contributed by atoms with Crippen LogP contribution in [0.3, 0.4) is 0 Å². The Balaban J connectivity index is 1.20. The van der Waals surface area contributed by atoms with Crippen LogP contribution in [0.25, 0.3) is 10.9 Å². The van der Waals surface area contributed by atoms with E-state index in [1.165, 1.54) is 18.3 Å². The number of anilines is 1. The minimum Gasteiger partial charge on any atom is -0.490 e. The zero-order valence-corrected chi connectivity index (χ0v) is 17.1. The van der Waals surface area contributed by atoms with Gasteiger partial charge in [-0.05, 0) is 67.0 Å². The predicted molar refractivity (Wildman–Crippen MR) is 113 cm³/mol. The number of rotatable bonds is 5. The third kappa shape index (κ3) is 3.60. The number of fused-ring (bicyclic) bond motifs is 2. The van der Waals surface area contributed by atoms with Crippen LogP contribution in [0.15, 0.2) is 48.8 Å². The molecule has 0 saturated heterocycles. The Kier molecular flexibility index (Phi) is 4.82. The van der Waals surface area contributed by atoms with E-state index in [1.54, 1.807) is 30.5 Å². The van der Waals surface area contributed by atoms with Gasteiger partial charge >= 0.3 is 0 Å². The lowest BCUT2D eigenvalue weighted by atomic mass is 9.97. The third-order valence-electron chi connectivity index (χ3n) is 6.39. The number of pyridine rings is 2. The van der Waals surface area contributed by atoms with Gasteiger partial charge in [0.05, 0.1) is 16.6 Å². The molecule has 2 heterocycles. The molecule has 5 rings (SSSR count). The van der Waals surface area contributed by atoms with E-state index in [0.717, 1.165) is 18.4 Å². The fraction of sp³-hybridized carbons (Fsp3) is 0.348. The van der Waals surface area contributed by atoms with Crippen molar-refractivity contribution in [3.05, 3.63) is 59.6 Å². The van der Waals surface area contributed by atoms with Gasteiger partial charge in [0.15, 0.2) is 0 Å². The van der Waals surface area contributed by atoms with Gasteiger partial charge in [0, 0.05) is 23.7 Å². The van der Waals surface area contributed by atoms with E-state index in [0.29, 0.717) is 39.7 Å². The maximum Gasteiger partial charge on any atom is 0.228 e. The SMILES string of the molecule is CC(C(=O)Nc1ccc(Cl)cn1)C1C2CC(Oc3ccnc4ccc(F)cc34)CC21. The average molecular weight is 426 g/mol. The van der Waals surface area contributed by atoms with E-state index in [4.69, 9.17) is 16.3 Å². The molecule has 2 aromatic heterocycles. The molecule has 5 nitrogen and oxygen atoms in total. The zero-order chi connectivity index (χ0) is 20.8. The summed E-state index contributed by atoms with van der Waals surface area (Å²) in [5, 5.41) is 4.10. The van der Waals surface area contributed by atoms with E-state index in [-0.39, 0.29) is 23.7 Å². The Bertz CT molecular complexity index is 1100. The van der Waals surface area contributed by atoms with Crippen LogP contribution in [-0.2, 0) is 4.79 Å². The molecule has 3 unspecified atom stereocenters. The third-order valence-corrected chi connectivity index (χ3v) is 6.62. The fourth-order valence-corrected chi connectivity index (χ4v) is 5.03. The zero-order valence-electron chi connectivity index (χ0n) is 16.4. The van der Waals surface area contributed by atoms with Crippen LogP contribution in [0.1, 0.15) is 19.8 Å². The van der Waals surface area contributed by atoms with Crippen molar-refractivity contribution >= 4 is 34.2 Å². The highest BCUT2D eigenvalue weighted by atomic mass is 35.5. The smallest absolute Gasteiger partial charge is 0.228 e. The van der Waals surface area contributed by atoms with Gasteiger partial charge in [0.1, 0.15) is 17.4 Å². The minimum absolute atomic E-state index is 0.0164. The van der Waals surface area contributed by atoms with Gasteiger partial charge in [-0.2, -0.15) is 0 Å². The number of carbonyl (C=O) groups is 1. The summed E-state index contributed by atoms with van der Waals surface area (Å²) in [6.45, 7) is 1.98. The largest absolute Gasteiger partial charge is 0.490 e. The summed E-state index contributed by atoms with van der Waals surface area (Å²) in [4.78, 5) is 21.0. The summed E-state index contributed by atoms with van der Waals surface area (Å²) in [5.41, 5.74) is 0.719. The molecule has 0 aliphatic heterocycles. The van der Waals surface area contributed by atoms with Crippen LogP contribution in [-0.4, -0.2) is 22.0 Å². The number of amides is 1. The number of nitrogens with one attached hydrogen (secondary N) is 1. The Labute approximate surface area is 178 Å². The first-order chi connectivity index (χ1) is 14.5. The lowest BCUT2D eigenvalue weighted by Crippen LogP contribution is -2.26. The highest BCUT2D eigenvalue weighted by Crippen LogP contribution is 2.61. The second-order valence-electron chi connectivity index (χ2n) is 8.23. The lowest BCUT2D eigenvalue weighted by molar-refractivity contribution is -0.120. The van der Waals surface area contributed by atoms with Crippen LogP contribution in [0.4, 0.5) is 10.2 Å². The highest BCUT2D eigenvalue weighted by molar-refractivity contribution is 6.30. The fourth-order valence-electron chi connectivity index (χ4n) is 4.92. The van der Waals surface area contributed by atoms with Crippen molar-refractivity contribution in [2.75, 3.05) is 5.32 Å². The Morgan fingerprint density at radius 2 is 2.00 bits per heavy atom. The molecule has 1 aromatic carbocycles. The molecular formula is C23H21ClFN3O2. The van der Waals surface area contributed by atoms with Crippen molar-refractivity contribution in [3.63, 3.8) is 0 Å². The van der Waals surface area contributed by atoms with Gasteiger partial charge in [-0.15, -0.1) is 0 Å². The molecular weight excluding hydrogens is 405 g/mol. The standard InChI is InChI=1S/C23H21ClFN3O2/c1-12(23(29)28-21-5-2-13(24)11-27-21)22-16-9-15(10-17(16)22)30-20-6-7-26-19-4-3-14(25)8-18(19)20/h2-8,11-12,15-17,22H,9-10H2,1H3,(H,27,28,29). The van der Waals surface area contributed by atoms with E-state index >= 15 is 0 Å². The topological polar surface area (TPSA) is 64.1 Å². The molecule has 0 bridgehead atoms. The summed E-state index contributed by atoms with van der Waals surface area (Å²) in [7, 11) is 0. The van der Waals surface area contributed by atoms with Gasteiger partial charge < -0.3 is 10.1 Å². The number of nitrogens with zero attached hydrogens (tertiary/aromatic N) is 2. The maximum atomic E-state index is 13.7. The van der Waals surface area contributed by atoms with Crippen LogP contribution in [0.5, 0.6) is 5.75 Å². The second kappa shape index (κ2) is 7.51. The van der Waals surface area contributed by atoms with Crippen molar-refractivity contribution in [1.82, 2.24) is 9.97 Å². The van der Waals surface area contributed by atoms with Crippen LogP contribution < -0.4 is 10.1 Å². The van der Waals surface area contributed by atoms with E-state index in [9.17, 15) is 9.18 Å². The molecule has 3 aromatic rings. The highest BCUT2D eigenvalue weighted by Gasteiger charge is 2.59. The molecule has 3 atom stereocenters. The molecule has 1 N–H and O–H groups in total. The van der Waals surface area contributed by atoms with Gasteiger partial charge in [0.25, 0.3) is 0 Å². The summed E-state index contributed by atoms with van der Waals surface area (Å²) >= 11 is 5.84. The molecule has 1 amide bonds. The van der Waals surface area contributed by atoms with Gasteiger partial charge in [-0.1, -0.05) is 18.5 Å². The van der Waals surface area contributed by atoms with Crippen LogP contribution in [0.2, 0.25) is 5.02 Å². The summed E-state index contributed by atoms with van der Waals surface area (Å²) in [5.74, 6) is 2.11. The summed E-state index contributed by atoms with van der Waals surface area (Å²) in [6.07, 6.45) is 5.10. The van der Waals surface area contributed by atoms with Crippen molar-refractivity contribution in [1.29, 1.82) is 0 Å². The van der Waals surface area contributed by atoms with Crippen LogP contribution >= 0.6 is 11.6 Å². The second-order valence-corrected chi connectivity index (χ2v) is 8.66. The molecule has 2 aliphatic carbocycles. The first-order valence-electron chi connectivity index (χ1n) is 10.1. The van der Waals surface area contributed by atoms with E-state index in [2.05, 4.69) is 15.3 Å². The average Bonchev–Trinajstić information content (AvgIpc) is 3.24. The van der Waals surface area contributed by atoms with E-state index in [1.807, 2.05) is 6.92 Å². The lowest BCUT2D eigenvalue weighted by Gasteiger charge is -2.20. The van der Waals surface area contributed by atoms with Crippen LogP contribution in [0, 0.1) is 29.5 Å². The van der Waals surface area contributed by atoms with Crippen molar-refractivity contribution in [2.45, 2.75) is 25.9 Å². The quantitative estimate of drug-likeness (QED) is 0.617. The normalized spacial score (nSPS) is 25.6. The molecule has 7 heteroatoms. The number of benzene rings is 1. The number of aromatic nitrogens is 2. The molecule has 0 radical (unpaired) electrons. The minimum atomic E-state index is -0.301. The Morgan fingerprint density at radius 3 is 2.73 bits per heavy atom. The Morgan fingerprint density at radius 1 is 1.20 bits per heavy atom. The van der Waals surface area contributed by atoms with Crippen molar-refractivity contribution in [3.8, 4) is 5.75 Å². The molecule has 2 saturated carbocycles. The summed E-state index contributed by atoms with van der Waals surface area (Å²) in [6, 6.07) is 9.73. The molecule has 30 heavy (non-hydrogen) atoms. The van der Waals surface area contributed by atoms with Gasteiger partial charge in [-0.3, -0.25) is 9.78 Å². The molecule has 2 aliphatic rings. The molecule has 2 fully saturated rings. The first-order valence-corrected chi connectivity index (χ1v) is 10.5. The predicted octanol–water partition coefficient (Wildman–Crippen LogP) is 5.10. The number of hydrogen-bond donors (Lipinski definition) is 1. The first kappa shape index (κ1) is 19.2. The number of ether oxygens (including phenoxy) is 1. The molecule has 154 valence electrons. The Hall–Kier alpha value is -2.73. The van der Waals surface area contributed by atoms with Gasteiger partial charge in [-0.25, -0.2) is 9.37 Å². The van der Waals surface area contributed by atoms with Crippen molar-refractivity contribution < 1.29 is 13.9 Å². The number of carbonyl (C=O) groups excluding carboxylic acids is 1. The van der Waals surface area contributed by atoms with Crippen molar-refractivity contribution in [2.24, 2.45) is 23.7 Å². The summed E-state index contributed by atoms with van der Waals surface area (Å²) < 4.78 is 19.9. The molecule has 0 spiro atoms. The number of halogens is 2. The maximum absolute atomic E-state index is 13.7. The number of hydrogen-bond acceptors (Lipinski definition) is 4. The monoisotopic (exact) mass is 425 g/mol. The van der Waals surface area contributed by atoms with Gasteiger partial charge in [0.2, 0.25) is 5.91 Å². The van der Waals surface area contributed by atoms with E-state index < -0.39 is 0 Å².